The Hall–Kier alpha value is -2.12. The normalized spacial score (nSPS) is 25.2. The van der Waals surface area contributed by atoms with Crippen LogP contribution >= 0.6 is 0 Å². The summed E-state index contributed by atoms with van der Waals surface area (Å²) in [5.41, 5.74) is -1.33. The summed E-state index contributed by atoms with van der Waals surface area (Å²) >= 11 is 0. The summed E-state index contributed by atoms with van der Waals surface area (Å²) < 4.78 is 5.02. The fourth-order valence-corrected chi connectivity index (χ4v) is 4.74. The smallest absolute Gasteiger partial charge is 0.326 e. The van der Waals surface area contributed by atoms with Crippen molar-refractivity contribution in [1.29, 1.82) is 0 Å². The van der Waals surface area contributed by atoms with E-state index in [9.17, 15) is 19.2 Å². The molecule has 0 aromatic rings. The maximum absolute atomic E-state index is 12.9. The Balaban J connectivity index is 1.87. The fourth-order valence-electron chi connectivity index (χ4n) is 4.74. The SMILES string of the molecule is C[C@@H]1CCCC[C@]12NC(=O)N(CC(=O)OCC(=O)NC(C)(C)CC(C)(C)C)C2=O. The van der Waals surface area contributed by atoms with E-state index in [4.69, 9.17) is 4.74 Å². The van der Waals surface area contributed by atoms with E-state index in [0.29, 0.717) is 6.42 Å². The van der Waals surface area contributed by atoms with Crippen LogP contribution in [0.3, 0.4) is 0 Å². The van der Waals surface area contributed by atoms with Gasteiger partial charge in [0, 0.05) is 5.54 Å². The van der Waals surface area contributed by atoms with Crippen molar-refractivity contribution in [2.75, 3.05) is 13.2 Å². The van der Waals surface area contributed by atoms with E-state index >= 15 is 0 Å². The molecule has 0 unspecified atom stereocenters. The first-order valence-corrected chi connectivity index (χ1v) is 10.4. The summed E-state index contributed by atoms with van der Waals surface area (Å²) in [6, 6.07) is -0.573. The molecular formula is C21H35N3O5. The average Bonchev–Trinajstić information content (AvgIpc) is 2.78. The number of ether oxygens (including phenoxy) is 1. The van der Waals surface area contributed by atoms with Gasteiger partial charge in [0.15, 0.2) is 6.61 Å². The number of imide groups is 1. The predicted octanol–water partition coefficient (Wildman–Crippen LogP) is 2.36. The molecule has 8 heteroatoms. The van der Waals surface area contributed by atoms with Crippen molar-refractivity contribution in [3.8, 4) is 0 Å². The third-order valence-electron chi connectivity index (χ3n) is 5.60. The van der Waals surface area contributed by atoms with Crippen molar-refractivity contribution >= 4 is 23.8 Å². The highest BCUT2D eigenvalue weighted by Gasteiger charge is 2.55. The van der Waals surface area contributed by atoms with E-state index in [-0.39, 0.29) is 17.2 Å². The Morgan fingerprint density at radius 3 is 2.45 bits per heavy atom. The van der Waals surface area contributed by atoms with Crippen molar-refractivity contribution < 1.29 is 23.9 Å². The number of carbonyl (C=O) groups is 4. The number of rotatable bonds is 6. The number of nitrogens with zero attached hydrogens (tertiary/aromatic N) is 1. The Morgan fingerprint density at radius 1 is 1.21 bits per heavy atom. The van der Waals surface area contributed by atoms with Crippen LogP contribution in [0, 0.1) is 11.3 Å². The molecule has 2 N–H and O–H groups in total. The molecule has 1 heterocycles. The van der Waals surface area contributed by atoms with Gasteiger partial charge in [0.05, 0.1) is 0 Å². The lowest BCUT2D eigenvalue weighted by Gasteiger charge is -2.36. The van der Waals surface area contributed by atoms with Gasteiger partial charge in [0.1, 0.15) is 12.1 Å². The first-order chi connectivity index (χ1) is 13.3. The van der Waals surface area contributed by atoms with E-state index in [1.165, 1.54) is 0 Å². The van der Waals surface area contributed by atoms with E-state index in [1.54, 1.807) is 0 Å². The lowest BCUT2D eigenvalue weighted by atomic mass is 9.73. The molecule has 0 radical (unpaired) electrons. The van der Waals surface area contributed by atoms with Crippen LogP contribution in [0.25, 0.3) is 0 Å². The summed E-state index contributed by atoms with van der Waals surface area (Å²) in [5, 5.41) is 5.65. The van der Waals surface area contributed by atoms with Crippen molar-refractivity contribution in [2.24, 2.45) is 11.3 Å². The van der Waals surface area contributed by atoms with Crippen LogP contribution in [0.5, 0.6) is 0 Å². The highest BCUT2D eigenvalue weighted by Crippen LogP contribution is 2.38. The van der Waals surface area contributed by atoms with Crippen molar-refractivity contribution in [3.63, 3.8) is 0 Å². The van der Waals surface area contributed by atoms with Crippen molar-refractivity contribution in [2.45, 2.75) is 84.7 Å². The summed E-state index contributed by atoms with van der Waals surface area (Å²) in [5.74, 6) is -1.55. The molecule has 4 amide bonds. The Kier molecular flexibility index (Phi) is 6.65. The lowest BCUT2D eigenvalue weighted by Crippen LogP contribution is -2.54. The zero-order valence-corrected chi connectivity index (χ0v) is 18.5. The molecule has 0 bridgehead atoms. The molecule has 2 aliphatic rings. The van der Waals surface area contributed by atoms with E-state index in [2.05, 4.69) is 31.4 Å². The van der Waals surface area contributed by atoms with Gasteiger partial charge in [-0.25, -0.2) is 4.79 Å². The number of urea groups is 1. The second-order valence-electron chi connectivity index (χ2n) is 10.3. The van der Waals surface area contributed by atoms with Crippen molar-refractivity contribution in [3.05, 3.63) is 0 Å². The summed E-state index contributed by atoms with van der Waals surface area (Å²) in [7, 11) is 0. The van der Waals surface area contributed by atoms with E-state index in [0.717, 1.165) is 30.6 Å². The van der Waals surface area contributed by atoms with Gasteiger partial charge in [-0.2, -0.15) is 0 Å². The minimum atomic E-state index is -0.913. The first-order valence-electron chi connectivity index (χ1n) is 10.4. The van der Waals surface area contributed by atoms with E-state index < -0.39 is 42.1 Å². The molecule has 1 spiro atoms. The fraction of sp³-hybridized carbons (Fsp3) is 0.810. The standard InChI is InChI=1S/C21H35N3O5/c1-14-9-7-8-10-21(14)17(27)24(18(28)23-21)11-16(26)29-12-15(25)22-20(5,6)13-19(2,3)4/h14H,7-13H2,1-6H3,(H,22,25)(H,23,28)/t14-,21+/m1/s1. The minimum absolute atomic E-state index is 0.0181. The number of carbonyl (C=O) groups excluding carboxylic acids is 4. The highest BCUT2D eigenvalue weighted by atomic mass is 16.5. The molecule has 2 rings (SSSR count). The Bertz CT molecular complexity index is 682. The maximum atomic E-state index is 12.9. The molecule has 1 saturated heterocycles. The van der Waals surface area contributed by atoms with Gasteiger partial charge in [-0.15, -0.1) is 0 Å². The van der Waals surface area contributed by atoms with Crippen LogP contribution in [0.2, 0.25) is 0 Å². The van der Waals surface area contributed by atoms with Gasteiger partial charge in [0.25, 0.3) is 11.8 Å². The van der Waals surface area contributed by atoms with Crippen LogP contribution < -0.4 is 10.6 Å². The molecule has 1 aliphatic carbocycles. The van der Waals surface area contributed by atoms with Crippen LogP contribution in [0.1, 0.15) is 73.6 Å². The first kappa shape index (κ1) is 23.2. The molecule has 8 nitrogen and oxygen atoms in total. The van der Waals surface area contributed by atoms with Crippen LogP contribution in [-0.2, 0) is 19.1 Å². The minimum Gasteiger partial charge on any atom is -0.454 e. The zero-order chi connectivity index (χ0) is 22.0. The molecule has 164 valence electrons. The summed E-state index contributed by atoms with van der Waals surface area (Å²) in [6.07, 6.45) is 4.07. The van der Waals surface area contributed by atoms with E-state index in [1.807, 2.05) is 20.8 Å². The van der Waals surface area contributed by atoms with Crippen LogP contribution in [-0.4, -0.2) is 52.9 Å². The van der Waals surface area contributed by atoms with Gasteiger partial charge in [-0.3, -0.25) is 19.3 Å². The molecule has 2 fully saturated rings. The Labute approximate surface area is 173 Å². The molecule has 0 aromatic heterocycles. The number of amides is 4. The number of hydrogen-bond donors (Lipinski definition) is 2. The molecule has 29 heavy (non-hydrogen) atoms. The molecule has 1 aliphatic heterocycles. The molecule has 1 saturated carbocycles. The van der Waals surface area contributed by atoms with Crippen molar-refractivity contribution in [1.82, 2.24) is 15.5 Å². The topological polar surface area (TPSA) is 105 Å². The molecule has 2 atom stereocenters. The molecular weight excluding hydrogens is 374 g/mol. The maximum Gasteiger partial charge on any atom is 0.326 e. The zero-order valence-electron chi connectivity index (χ0n) is 18.5. The van der Waals surface area contributed by atoms with Gasteiger partial charge in [-0.1, -0.05) is 40.5 Å². The predicted molar refractivity (Wildman–Crippen MR) is 108 cm³/mol. The van der Waals surface area contributed by atoms with Crippen LogP contribution in [0.4, 0.5) is 4.79 Å². The van der Waals surface area contributed by atoms with Gasteiger partial charge in [0.2, 0.25) is 0 Å². The largest absolute Gasteiger partial charge is 0.454 e. The van der Waals surface area contributed by atoms with Gasteiger partial charge < -0.3 is 15.4 Å². The summed E-state index contributed by atoms with van der Waals surface area (Å²) in [4.78, 5) is 50.4. The third-order valence-corrected chi connectivity index (χ3v) is 5.60. The second kappa shape index (κ2) is 8.32. The van der Waals surface area contributed by atoms with Gasteiger partial charge in [-0.05, 0) is 44.4 Å². The monoisotopic (exact) mass is 409 g/mol. The second-order valence-corrected chi connectivity index (χ2v) is 10.3. The number of esters is 1. The average molecular weight is 410 g/mol. The third kappa shape index (κ3) is 5.70. The number of nitrogens with one attached hydrogen (secondary N) is 2. The quantitative estimate of drug-likeness (QED) is 0.518. The summed E-state index contributed by atoms with van der Waals surface area (Å²) in [6.45, 7) is 11.1. The molecule has 0 aromatic carbocycles. The van der Waals surface area contributed by atoms with Gasteiger partial charge >= 0.3 is 12.0 Å². The Morgan fingerprint density at radius 2 is 1.86 bits per heavy atom. The van der Waals surface area contributed by atoms with Crippen LogP contribution in [0.15, 0.2) is 0 Å². The highest BCUT2D eigenvalue weighted by molar-refractivity contribution is 6.09. The number of hydrogen-bond acceptors (Lipinski definition) is 5. The lowest BCUT2D eigenvalue weighted by molar-refractivity contribution is -0.151.